The third-order valence-corrected chi connectivity index (χ3v) is 6.91. The zero-order valence-corrected chi connectivity index (χ0v) is 17.5. The van der Waals surface area contributed by atoms with E-state index in [2.05, 4.69) is 5.32 Å². The Hall–Kier alpha value is -2.41. The van der Waals surface area contributed by atoms with Gasteiger partial charge in [0, 0.05) is 11.4 Å². The molecule has 2 rings (SSSR count). The lowest BCUT2D eigenvalue weighted by Crippen LogP contribution is -2.17. The summed E-state index contributed by atoms with van der Waals surface area (Å²) in [6, 6.07) is 7.61. The summed E-state index contributed by atoms with van der Waals surface area (Å²) in [5.74, 6) is -1.56. The fourth-order valence-electron chi connectivity index (χ4n) is 2.30. The number of carbonyl (C=O) groups excluding carboxylic acids is 2. The first-order chi connectivity index (χ1) is 13.2. The monoisotopic (exact) mass is 440 g/mol. The van der Waals surface area contributed by atoms with Crippen molar-refractivity contribution in [1.82, 2.24) is 0 Å². The van der Waals surface area contributed by atoms with Crippen LogP contribution in [0.4, 0.5) is 5.00 Å². The van der Waals surface area contributed by atoms with Crippen LogP contribution in [0.1, 0.15) is 34.1 Å². The van der Waals surface area contributed by atoms with Crippen molar-refractivity contribution >= 4 is 49.7 Å². The Kier molecular flexibility index (Phi) is 7.18. The summed E-state index contributed by atoms with van der Waals surface area (Å²) in [4.78, 5) is 24.5. The first kappa shape index (κ1) is 21.9. The number of carbonyl (C=O) groups is 2. The van der Waals surface area contributed by atoms with Crippen LogP contribution in [0.2, 0.25) is 5.02 Å². The van der Waals surface area contributed by atoms with Crippen LogP contribution in [0.15, 0.2) is 29.2 Å². The largest absolute Gasteiger partial charge is 0.462 e. The number of sulfone groups is 1. The van der Waals surface area contributed by atoms with Crippen molar-refractivity contribution in [2.24, 2.45) is 0 Å². The van der Waals surface area contributed by atoms with Crippen LogP contribution in [0.25, 0.3) is 0 Å². The lowest BCUT2D eigenvalue weighted by Gasteiger charge is -2.06. The number of nitrogens with one attached hydrogen (secondary N) is 1. The number of nitrogens with zero attached hydrogens (tertiary/aromatic N) is 1. The van der Waals surface area contributed by atoms with E-state index in [1.807, 2.05) is 6.07 Å². The molecule has 0 bridgehead atoms. The van der Waals surface area contributed by atoms with Gasteiger partial charge in [-0.1, -0.05) is 11.6 Å². The fraction of sp³-hybridized carbons (Fsp3) is 0.278. The van der Waals surface area contributed by atoms with Crippen LogP contribution in [0.5, 0.6) is 0 Å². The molecule has 0 saturated heterocycles. The number of anilines is 1. The van der Waals surface area contributed by atoms with Gasteiger partial charge >= 0.3 is 5.97 Å². The Morgan fingerprint density at radius 1 is 1.29 bits per heavy atom. The van der Waals surface area contributed by atoms with Crippen molar-refractivity contribution in [3.63, 3.8) is 0 Å². The maximum Gasteiger partial charge on any atom is 0.348 e. The molecule has 1 N–H and O–H groups in total. The number of hydrogen-bond acceptors (Lipinski definition) is 7. The molecule has 1 amide bonds. The topological polar surface area (TPSA) is 113 Å². The highest BCUT2D eigenvalue weighted by Gasteiger charge is 2.23. The average molecular weight is 441 g/mol. The lowest BCUT2D eigenvalue weighted by molar-refractivity contribution is -0.115. The van der Waals surface area contributed by atoms with Crippen LogP contribution < -0.4 is 5.32 Å². The van der Waals surface area contributed by atoms with Crippen molar-refractivity contribution in [3.8, 4) is 6.07 Å². The molecule has 2 aromatic rings. The summed E-state index contributed by atoms with van der Waals surface area (Å²) in [6.07, 6.45) is -0.304. The van der Waals surface area contributed by atoms with Gasteiger partial charge in [-0.25, -0.2) is 13.2 Å². The summed E-state index contributed by atoms with van der Waals surface area (Å²) in [5, 5.41) is 12.4. The Labute approximate surface area is 171 Å². The quantitative estimate of drug-likeness (QED) is 0.658. The summed E-state index contributed by atoms with van der Waals surface area (Å²) in [6.45, 7) is 3.43. The highest BCUT2D eigenvalue weighted by molar-refractivity contribution is 7.91. The van der Waals surface area contributed by atoms with Gasteiger partial charge in [-0.15, -0.1) is 11.3 Å². The van der Waals surface area contributed by atoms with Gasteiger partial charge in [0.15, 0.2) is 9.84 Å². The number of halogens is 1. The second-order valence-corrected chi connectivity index (χ2v) is 9.23. The second kappa shape index (κ2) is 9.19. The van der Waals surface area contributed by atoms with Gasteiger partial charge in [0.2, 0.25) is 5.91 Å². The van der Waals surface area contributed by atoms with E-state index in [1.54, 1.807) is 13.8 Å². The van der Waals surface area contributed by atoms with Gasteiger partial charge in [-0.05, 0) is 43.7 Å². The summed E-state index contributed by atoms with van der Waals surface area (Å²) in [7, 11) is -3.66. The smallest absolute Gasteiger partial charge is 0.348 e. The standard InChI is InChI=1S/C18H17ClN2O5S2/c1-3-26-18(23)16-11(2)14(10-20)17(27-16)21-15(22)8-9-28(24,25)13-6-4-12(19)5-7-13/h4-7H,3,8-9H2,1-2H3,(H,21,22). The zero-order valence-electron chi connectivity index (χ0n) is 15.1. The van der Waals surface area contributed by atoms with E-state index in [0.717, 1.165) is 11.3 Å². The Balaban J connectivity index is 2.11. The minimum atomic E-state index is -3.66. The number of ether oxygens (including phenoxy) is 1. The van der Waals surface area contributed by atoms with Gasteiger partial charge in [-0.2, -0.15) is 5.26 Å². The molecule has 148 valence electrons. The molecule has 1 heterocycles. The number of nitriles is 1. The number of rotatable bonds is 7. The maximum absolute atomic E-state index is 12.3. The van der Waals surface area contributed by atoms with Crippen molar-refractivity contribution in [1.29, 1.82) is 5.26 Å². The number of amides is 1. The van der Waals surface area contributed by atoms with Crippen LogP contribution in [0, 0.1) is 18.3 Å². The minimum Gasteiger partial charge on any atom is -0.462 e. The van der Waals surface area contributed by atoms with Crippen LogP contribution in [-0.4, -0.2) is 32.7 Å². The molecule has 0 aliphatic rings. The molecule has 28 heavy (non-hydrogen) atoms. The molecule has 0 radical (unpaired) electrons. The molecule has 0 spiro atoms. The third-order valence-electron chi connectivity index (χ3n) is 3.74. The minimum absolute atomic E-state index is 0.0685. The summed E-state index contributed by atoms with van der Waals surface area (Å²) < 4.78 is 29.6. The van der Waals surface area contributed by atoms with Crippen molar-refractivity contribution in [2.45, 2.75) is 25.2 Å². The SMILES string of the molecule is CCOC(=O)c1sc(NC(=O)CCS(=O)(=O)c2ccc(Cl)cc2)c(C#N)c1C. The molecule has 7 nitrogen and oxygen atoms in total. The van der Waals surface area contributed by atoms with E-state index in [0.29, 0.717) is 10.6 Å². The van der Waals surface area contributed by atoms with Crippen molar-refractivity contribution < 1.29 is 22.7 Å². The van der Waals surface area contributed by atoms with Gasteiger partial charge in [0.1, 0.15) is 15.9 Å². The predicted molar refractivity (Wildman–Crippen MR) is 106 cm³/mol. The zero-order chi connectivity index (χ0) is 20.9. The highest BCUT2D eigenvalue weighted by atomic mass is 35.5. The molecular formula is C18H17ClN2O5S2. The molecule has 10 heteroatoms. The van der Waals surface area contributed by atoms with Crippen molar-refractivity contribution in [2.75, 3.05) is 17.7 Å². The molecule has 0 unspecified atom stereocenters. The molecule has 0 atom stereocenters. The Bertz CT molecular complexity index is 1040. The lowest BCUT2D eigenvalue weighted by atomic mass is 10.2. The van der Waals surface area contributed by atoms with Gasteiger partial charge in [0.05, 0.1) is 22.8 Å². The van der Waals surface area contributed by atoms with E-state index >= 15 is 0 Å². The number of hydrogen-bond donors (Lipinski definition) is 1. The van der Waals surface area contributed by atoms with E-state index in [-0.39, 0.29) is 33.4 Å². The number of esters is 1. The molecule has 1 aromatic carbocycles. The van der Waals surface area contributed by atoms with Crippen LogP contribution in [0.3, 0.4) is 0 Å². The summed E-state index contributed by atoms with van der Waals surface area (Å²) >= 11 is 6.67. The molecule has 0 aliphatic carbocycles. The average Bonchev–Trinajstić information content (AvgIpc) is 2.96. The fourth-order valence-corrected chi connectivity index (χ4v) is 4.74. The van der Waals surface area contributed by atoms with Crippen LogP contribution in [-0.2, 0) is 19.4 Å². The first-order valence-electron chi connectivity index (χ1n) is 8.18. The second-order valence-electron chi connectivity index (χ2n) is 5.66. The van der Waals surface area contributed by atoms with Gasteiger partial charge < -0.3 is 10.1 Å². The number of benzene rings is 1. The Morgan fingerprint density at radius 2 is 1.93 bits per heavy atom. The van der Waals surface area contributed by atoms with Gasteiger partial charge in [0.25, 0.3) is 0 Å². The molecule has 0 fully saturated rings. The predicted octanol–water partition coefficient (Wildman–Crippen LogP) is 3.56. The maximum atomic E-state index is 12.3. The van der Waals surface area contributed by atoms with Crippen LogP contribution >= 0.6 is 22.9 Å². The van der Waals surface area contributed by atoms with E-state index in [9.17, 15) is 23.3 Å². The molecule has 0 aliphatic heterocycles. The normalized spacial score (nSPS) is 10.9. The highest BCUT2D eigenvalue weighted by Crippen LogP contribution is 2.33. The van der Waals surface area contributed by atoms with E-state index in [1.165, 1.54) is 24.3 Å². The Morgan fingerprint density at radius 3 is 2.50 bits per heavy atom. The first-order valence-corrected chi connectivity index (χ1v) is 11.0. The molecular weight excluding hydrogens is 424 g/mol. The van der Waals surface area contributed by atoms with E-state index < -0.39 is 27.5 Å². The molecule has 1 aromatic heterocycles. The number of thiophene rings is 1. The van der Waals surface area contributed by atoms with Gasteiger partial charge in [-0.3, -0.25) is 4.79 Å². The molecule has 0 saturated carbocycles. The van der Waals surface area contributed by atoms with E-state index in [4.69, 9.17) is 16.3 Å². The third kappa shape index (κ3) is 5.10. The van der Waals surface area contributed by atoms with Crippen molar-refractivity contribution in [3.05, 3.63) is 45.3 Å². The summed E-state index contributed by atoms with van der Waals surface area (Å²) in [5.41, 5.74) is 0.567.